The van der Waals surface area contributed by atoms with Gasteiger partial charge in [0.25, 0.3) is 0 Å². The second kappa shape index (κ2) is 4.59. The summed E-state index contributed by atoms with van der Waals surface area (Å²) in [5.41, 5.74) is 1.78. The molecule has 0 N–H and O–H groups in total. The Kier molecular flexibility index (Phi) is 2.91. The van der Waals surface area contributed by atoms with E-state index in [0.29, 0.717) is 10.4 Å². The van der Waals surface area contributed by atoms with Gasteiger partial charge in [0.1, 0.15) is 5.82 Å². The average Bonchev–Trinajstić information content (AvgIpc) is 2.81. The highest BCUT2D eigenvalue weighted by Crippen LogP contribution is 2.28. The fourth-order valence-corrected chi connectivity index (χ4v) is 3.01. The smallest absolute Gasteiger partial charge is 0.202 e. The van der Waals surface area contributed by atoms with Crippen molar-refractivity contribution in [3.8, 4) is 0 Å². The minimum atomic E-state index is -0.274. The van der Waals surface area contributed by atoms with Crippen LogP contribution in [0.2, 0.25) is 0 Å². The van der Waals surface area contributed by atoms with Crippen LogP contribution >= 0.6 is 11.3 Å². The Morgan fingerprint density at radius 3 is 2.53 bits per heavy atom. The lowest BCUT2D eigenvalue weighted by Crippen LogP contribution is -1.97. The zero-order valence-corrected chi connectivity index (χ0v) is 11.1. The van der Waals surface area contributed by atoms with Crippen molar-refractivity contribution < 1.29 is 9.18 Å². The van der Waals surface area contributed by atoms with E-state index in [4.69, 9.17) is 0 Å². The third-order valence-corrected chi connectivity index (χ3v) is 4.12. The first-order valence-electron chi connectivity index (χ1n) is 5.94. The predicted octanol–water partition coefficient (Wildman–Crippen LogP) is 4.58. The first-order valence-corrected chi connectivity index (χ1v) is 6.75. The molecule has 0 bridgehead atoms. The zero-order chi connectivity index (χ0) is 13.4. The number of aryl methyl sites for hydroxylation is 1. The molecule has 1 heterocycles. The van der Waals surface area contributed by atoms with Crippen LogP contribution in [0.1, 0.15) is 20.8 Å². The highest BCUT2D eigenvalue weighted by molar-refractivity contribution is 7.21. The lowest BCUT2D eigenvalue weighted by atomic mass is 10.1. The van der Waals surface area contributed by atoms with Crippen LogP contribution < -0.4 is 0 Å². The topological polar surface area (TPSA) is 17.1 Å². The fraction of sp³-hybridized carbons (Fsp3) is 0.0625. The summed E-state index contributed by atoms with van der Waals surface area (Å²) in [6.07, 6.45) is 0. The number of hydrogen-bond acceptors (Lipinski definition) is 2. The maximum absolute atomic E-state index is 13.1. The van der Waals surface area contributed by atoms with Gasteiger partial charge < -0.3 is 0 Å². The molecule has 3 aromatic rings. The van der Waals surface area contributed by atoms with E-state index in [0.717, 1.165) is 15.6 Å². The molecule has 0 unspecified atom stereocenters. The normalized spacial score (nSPS) is 10.8. The Hall–Kier alpha value is -2.00. The second-order valence-electron chi connectivity index (χ2n) is 4.49. The number of benzene rings is 2. The number of carbonyl (C=O) groups is 1. The second-order valence-corrected chi connectivity index (χ2v) is 5.57. The molecule has 2 aromatic carbocycles. The Balaban J connectivity index is 2.04. The standard InChI is InChI=1S/C16H11FOS/c1-10-2-4-11(5-3-10)16(18)15-8-12-6-7-13(17)9-14(12)19-15/h2-9H,1H3. The SMILES string of the molecule is Cc1ccc(C(=O)c2cc3ccc(F)cc3s2)cc1. The number of ketones is 1. The minimum absolute atomic E-state index is 0.0124. The molecule has 0 spiro atoms. The van der Waals surface area contributed by atoms with Crippen molar-refractivity contribution >= 4 is 27.2 Å². The molecule has 0 aliphatic rings. The highest BCUT2D eigenvalue weighted by atomic mass is 32.1. The summed E-state index contributed by atoms with van der Waals surface area (Å²) in [6.45, 7) is 1.98. The maximum atomic E-state index is 13.1. The van der Waals surface area contributed by atoms with Crippen LogP contribution in [0.5, 0.6) is 0 Å². The number of thiophene rings is 1. The summed E-state index contributed by atoms with van der Waals surface area (Å²) in [5, 5.41) is 0.905. The zero-order valence-electron chi connectivity index (χ0n) is 10.3. The first kappa shape index (κ1) is 12.1. The van der Waals surface area contributed by atoms with E-state index < -0.39 is 0 Å². The molecule has 0 atom stereocenters. The van der Waals surface area contributed by atoms with Crippen molar-refractivity contribution in [1.82, 2.24) is 0 Å². The van der Waals surface area contributed by atoms with E-state index in [9.17, 15) is 9.18 Å². The summed E-state index contributed by atoms with van der Waals surface area (Å²) >= 11 is 1.33. The van der Waals surface area contributed by atoms with Gasteiger partial charge in [-0.15, -0.1) is 11.3 Å². The molecule has 0 aliphatic carbocycles. The van der Waals surface area contributed by atoms with Gasteiger partial charge in [0.15, 0.2) is 0 Å². The van der Waals surface area contributed by atoms with Gasteiger partial charge in [-0.05, 0) is 30.5 Å². The van der Waals surface area contributed by atoms with E-state index in [1.54, 1.807) is 6.07 Å². The molecule has 0 amide bonds. The predicted molar refractivity (Wildman–Crippen MR) is 76.4 cm³/mol. The van der Waals surface area contributed by atoms with Crippen LogP contribution in [0.4, 0.5) is 4.39 Å². The molecule has 94 valence electrons. The summed E-state index contributed by atoms with van der Waals surface area (Å²) in [6, 6.07) is 13.9. The van der Waals surface area contributed by atoms with Gasteiger partial charge in [-0.3, -0.25) is 4.79 Å². The Labute approximate surface area is 114 Å². The molecular weight excluding hydrogens is 259 g/mol. The van der Waals surface area contributed by atoms with Crippen LogP contribution in [0.25, 0.3) is 10.1 Å². The Bertz CT molecular complexity index is 756. The van der Waals surface area contributed by atoms with Crippen LogP contribution in [0.3, 0.4) is 0 Å². The van der Waals surface area contributed by atoms with E-state index in [2.05, 4.69) is 0 Å². The van der Waals surface area contributed by atoms with Crippen molar-refractivity contribution in [2.75, 3.05) is 0 Å². The van der Waals surface area contributed by atoms with Gasteiger partial charge >= 0.3 is 0 Å². The molecular formula is C16H11FOS. The molecule has 1 aromatic heterocycles. The molecule has 0 fully saturated rings. The van der Waals surface area contributed by atoms with Gasteiger partial charge in [-0.1, -0.05) is 35.9 Å². The maximum Gasteiger partial charge on any atom is 0.202 e. The third kappa shape index (κ3) is 2.29. The van der Waals surface area contributed by atoms with Gasteiger partial charge in [-0.25, -0.2) is 4.39 Å². The van der Waals surface area contributed by atoms with E-state index >= 15 is 0 Å². The van der Waals surface area contributed by atoms with Crippen molar-refractivity contribution in [3.63, 3.8) is 0 Å². The average molecular weight is 270 g/mol. The van der Waals surface area contributed by atoms with Crippen molar-refractivity contribution in [3.05, 3.63) is 70.4 Å². The number of halogens is 1. The van der Waals surface area contributed by atoms with E-state index in [1.807, 2.05) is 37.3 Å². The number of carbonyl (C=O) groups excluding carboxylic acids is 1. The Morgan fingerprint density at radius 2 is 1.79 bits per heavy atom. The van der Waals surface area contributed by atoms with Gasteiger partial charge in [0.05, 0.1) is 4.88 Å². The lowest BCUT2D eigenvalue weighted by molar-refractivity contribution is 0.104. The first-order chi connectivity index (χ1) is 9.13. The summed E-state index contributed by atoms with van der Waals surface area (Å²) in [7, 11) is 0. The van der Waals surface area contributed by atoms with Crippen LogP contribution in [0.15, 0.2) is 48.5 Å². The summed E-state index contributed by atoms with van der Waals surface area (Å²) in [4.78, 5) is 13.0. The Morgan fingerprint density at radius 1 is 1.05 bits per heavy atom. The molecule has 0 saturated carbocycles. The third-order valence-electron chi connectivity index (χ3n) is 3.02. The largest absolute Gasteiger partial charge is 0.288 e. The molecule has 19 heavy (non-hydrogen) atoms. The number of hydrogen-bond donors (Lipinski definition) is 0. The van der Waals surface area contributed by atoms with Crippen molar-refractivity contribution in [2.45, 2.75) is 6.92 Å². The monoisotopic (exact) mass is 270 g/mol. The lowest BCUT2D eigenvalue weighted by Gasteiger charge is -1.98. The van der Waals surface area contributed by atoms with Crippen LogP contribution in [-0.4, -0.2) is 5.78 Å². The van der Waals surface area contributed by atoms with E-state index in [1.165, 1.54) is 23.5 Å². The molecule has 0 saturated heterocycles. The highest BCUT2D eigenvalue weighted by Gasteiger charge is 2.12. The summed E-state index contributed by atoms with van der Waals surface area (Å²) < 4.78 is 13.9. The van der Waals surface area contributed by atoms with Crippen molar-refractivity contribution in [1.29, 1.82) is 0 Å². The fourth-order valence-electron chi connectivity index (χ4n) is 1.96. The number of rotatable bonds is 2. The minimum Gasteiger partial charge on any atom is -0.288 e. The van der Waals surface area contributed by atoms with Gasteiger partial charge in [0.2, 0.25) is 5.78 Å². The molecule has 1 nitrogen and oxygen atoms in total. The number of fused-ring (bicyclic) bond motifs is 1. The van der Waals surface area contributed by atoms with E-state index in [-0.39, 0.29) is 11.6 Å². The van der Waals surface area contributed by atoms with Gasteiger partial charge in [-0.2, -0.15) is 0 Å². The molecule has 3 rings (SSSR count). The van der Waals surface area contributed by atoms with Crippen molar-refractivity contribution in [2.24, 2.45) is 0 Å². The molecule has 0 radical (unpaired) electrons. The molecule has 0 aliphatic heterocycles. The summed E-state index contributed by atoms with van der Waals surface area (Å²) in [5.74, 6) is -0.287. The quantitative estimate of drug-likeness (QED) is 0.623. The van der Waals surface area contributed by atoms with Crippen LogP contribution in [-0.2, 0) is 0 Å². The van der Waals surface area contributed by atoms with Crippen LogP contribution in [0, 0.1) is 12.7 Å². The molecule has 3 heteroatoms. The van der Waals surface area contributed by atoms with Gasteiger partial charge in [0, 0.05) is 10.3 Å².